The van der Waals surface area contributed by atoms with Crippen molar-refractivity contribution in [2.24, 2.45) is 5.73 Å². The number of thioether (sulfide) groups is 1. The number of benzene rings is 5. The molecule has 1 aromatic heterocycles. The van der Waals surface area contributed by atoms with Crippen LogP contribution in [0.3, 0.4) is 0 Å². The molecule has 25 nitrogen and oxygen atoms in total. The first-order valence-electron chi connectivity index (χ1n) is 26.6. The molecule has 10 N–H and O–H groups in total. The molecule has 85 heavy (non-hydrogen) atoms. The number of para-hydroxylation sites is 1. The zero-order valence-electron chi connectivity index (χ0n) is 45.6. The number of carbonyl (C=O) groups is 7. The number of fused-ring (bicyclic) bond motifs is 7. The number of phenolic OH excluding ortho intramolecular Hbond substituents is 1. The highest BCUT2D eigenvalue weighted by Gasteiger charge is 2.35. The van der Waals surface area contributed by atoms with Crippen LogP contribution < -0.4 is 37.3 Å². The number of esters is 1. The number of nitrogens with two attached hydrogens (primary N) is 1. The Morgan fingerprint density at radius 3 is 2.33 bits per heavy atom. The van der Waals surface area contributed by atoms with Crippen molar-refractivity contribution in [2.45, 2.75) is 50.9 Å². The van der Waals surface area contributed by atoms with E-state index in [1.54, 1.807) is 71.6 Å². The first-order chi connectivity index (χ1) is 40.9. The second-order valence-corrected chi connectivity index (χ2v) is 20.6. The SMILES string of the molecule is CCOCCOCCOC(=O)C(CSC[C@H](NC(=O)CC[C@H](N)C(=O)O)C(=O)NCC(=O)O)n1nnc2c1-c1ccccc1N(C(=O)CCNC(=S)Nc1ccc(-c3c4ccc(=O)cc-4oc4cc(O)ccc34)c(C(=O)O)c1)Cc1ccccc1-2. The Hall–Kier alpha value is -9.28. The number of amides is 3. The van der Waals surface area contributed by atoms with E-state index < -0.39 is 60.4 Å². The van der Waals surface area contributed by atoms with Gasteiger partial charge in [-0.25, -0.2) is 14.3 Å². The van der Waals surface area contributed by atoms with E-state index in [1.165, 1.54) is 35.0 Å². The van der Waals surface area contributed by atoms with Gasteiger partial charge >= 0.3 is 23.9 Å². The van der Waals surface area contributed by atoms with Crippen molar-refractivity contribution in [3.8, 4) is 50.7 Å². The van der Waals surface area contributed by atoms with Gasteiger partial charge < -0.3 is 71.0 Å². The van der Waals surface area contributed by atoms with Gasteiger partial charge in [0.2, 0.25) is 17.7 Å². The molecule has 4 aromatic carbocycles. The molecule has 0 spiro atoms. The maximum absolute atomic E-state index is 14.7. The van der Waals surface area contributed by atoms with E-state index in [0.29, 0.717) is 74.7 Å². The van der Waals surface area contributed by atoms with Gasteiger partial charge in [0, 0.05) is 83.0 Å². The second-order valence-electron chi connectivity index (χ2n) is 19.1. The van der Waals surface area contributed by atoms with Gasteiger partial charge in [0.1, 0.15) is 48.0 Å². The Balaban J connectivity index is 1.03. The first-order valence-corrected chi connectivity index (χ1v) is 28.2. The maximum atomic E-state index is 14.7. The Bertz CT molecular complexity index is 3690. The van der Waals surface area contributed by atoms with Crippen LogP contribution in [-0.4, -0.2) is 152 Å². The van der Waals surface area contributed by atoms with Crippen LogP contribution in [0.25, 0.3) is 55.9 Å². The molecule has 1 aliphatic carbocycles. The van der Waals surface area contributed by atoms with E-state index in [-0.39, 0.29) is 103 Å². The normalized spacial score (nSPS) is 12.8. The van der Waals surface area contributed by atoms with E-state index in [0.717, 1.165) is 11.8 Å². The molecule has 3 amide bonds. The number of carbonyl (C=O) groups excluding carboxylic acids is 4. The number of carboxylic acid groups (broad SMARTS) is 3. The fourth-order valence-electron chi connectivity index (χ4n) is 9.32. The first kappa shape index (κ1) is 61.8. The van der Waals surface area contributed by atoms with Crippen molar-refractivity contribution < 1.29 is 72.6 Å². The average Bonchev–Trinajstić information content (AvgIpc) is 3.24. The molecule has 3 atom stereocenters. The molecule has 0 bridgehead atoms. The number of ether oxygens (including phenoxy) is 3. The predicted octanol–water partition coefficient (Wildman–Crippen LogP) is 4.87. The summed E-state index contributed by atoms with van der Waals surface area (Å²) in [5.74, 6) is -6.94. The minimum absolute atomic E-state index is 0.0150. The average molecular weight is 1200 g/mol. The Morgan fingerprint density at radius 2 is 1.56 bits per heavy atom. The number of aromatic hydroxyl groups is 1. The quantitative estimate of drug-likeness (QED) is 0.0144. The monoisotopic (exact) mass is 1200 g/mol. The van der Waals surface area contributed by atoms with Crippen molar-refractivity contribution in [3.63, 3.8) is 0 Å². The molecule has 0 fully saturated rings. The van der Waals surface area contributed by atoms with Gasteiger partial charge in [-0.05, 0) is 79.2 Å². The van der Waals surface area contributed by atoms with E-state index >= 15 is 0 Å². The van der Waals surface area contributed by atoms with Gasteiger partial charge in [0.25, 0.3) is 0 Å². The predicted molar refractivity (Wildman–Crippen MR) is 316 cm³/mol. The summed E-state index contributed by atoms with van der Waals surface area (Å²) in [5.41, 5.74) is 9.76. The number of thiocarbonyl (C=S) groups is 1. The highest BCUT2D eigenvalue weighted by Crippen LogP contribution is 2.44. The largest absolute Gasteiger partial charge is 0.508 e. The number of aromatic carboxylic acids is 1. The molecule has 0 saturated heterocycles. The highest BCUT2D eigenvalue weighted by molar-refractivity contribution is 7.99. The van der Waals surface area contributed by atoms with Gasteiger partial charge in [-0.15, -0.1) is 5.10 Å². The third kappa shape index (κ3) is 15.5. The molecule has 0 saturated carbocycles. The van der Waals surface area contributed by atoms with E-state index in [4.69, 9.17) is 36.6 Å². The van der Waals surface area contributed by atoms with E-state index in [2.05, 4.69) is 31.6 Å². The summed E-state index contributed by atoms with van der Waals surface area (Å²) < 4.78 is 24.0. The lowest BCUT2D eigenvalue weighted by atomic mass is 9.90. The summed E-state index contributed by atoms with van der Waals surface area (Å²) in [7, 11) is 0. The van der Waals surface area contributed by atoms with E-state index in [9.17, 15) is 58.8 Å². The highest BCUT2D eigenvalue weighted by atomic mass is 32.2. The van der Waals surface area contributed by atoms with Crippen LogP contribution in [0, 0.1) is 0 Å². The van der Waals surface area contributed by atoms with Crippen LogP contribution >= 0.6 is 24.0 Å². The second kappa shape index (κ2) is 28.8. The standard InChI is InChI=1S/C58H59N9O16S2/c1-2-80-21-22-81-23-24-82-57(79)45(31-85-30-43(54(74)61-28-50(72)73)63-48(70)18-17-42(59)56(77)78)67-53-38-9-5-6-10-44(38)66(29-32-7-3-4-8-36(32)52(53)64-65-67)49(71)19-20-60-58(84)62-33-11-14-37(41(25-33)55(75)76)51-39-15-12-34(68)26-46(39)83-47-27-35(69)13-16-40(47)51/h3-16,25-27,42-43,45,68H,2,17-24,28-31,59H2,1H3,(H,61,74)(H,63,70)(H,72,73)(H,75,76)(H,77,78)(H2,60,62,84)/t42-,43-,45?/m0/s1. The number of hydrogen-bond acceptors (Lipinski definition) is 18. The Labute approximate surface area is 494 Å². The molecular formula is C58H59N9O16S2. The summed E-state index contributed by atoms with van der Waals surface area (Å²) >= 11 is 6.67. The van der Waals surface area contributed by atoms with Gasteiger partial charge in [-0.2, -0.15) is 11.8 Å². The molecule has 0 radical (unpaired) electrons. The van der Waals surface area contributed by atoms with E-state index in [1.807, 2.05) is 13.0 Å². The zero-order chi connectivity index (χ0) is 60.7. The number of carboxylic acids is 3. The van der Waals surface area contributed by atoms with Gasteiger partial charge in [0.05, 0.1) is 43.3 Å². The Kier molecular flexibility index (Phi) is 20.9. The topological polar surface area (TPSA) is 366 Å². The molecular weight excluding hydrogens is 1140 g/mol. The van der Waals surface area contributed by atoms with Crippen LogP contribution in [0.1, 0.15) is 48.1 Å². The number of anilines is 2. The number of aliphatic carboxylic acids is 2. The van der Waals surface area contributed by atoms with Crippen LogP contribution in [0.5, 0.6) is 5.75 Å². The maximum Gasteiger partial charge on any atom is 0.336 e. The molecule has 444 valence electrons. The number of hydrogen-bond donors (Lipinski definition) is 9. The summed E-state index contributed by atoms with van der Waals surface area (Å²) in [6.07, 6.45) is -0.727. The number of nitrogens with one attached hydrogen (secondary N) is 4. The smallest absolute Gasteiger partial charge is 0.336 e. The molecule has 27 heteroatoms. The zero-order valence-corrected chi connectivity index (χ0v) is 47.2. The minimum atomic E-state index is -1.36. The third-order valence-corrected chi connectivity index (χ3v) is 14.7. The fourth-order valence-corrected chi connectivity index (χ4v) is 10.7. The third-order valence-electron chi connectivity index (χ3n) is 13.4. The molecule has 1 unspecified atom stereocenters. The van der Waals surface area contributed by atoms with Crippen LogP contribution in [0.2, 0.25) is 0 Å². The lowest BCUT2D eigenvalue weighted by Crippen LogP contribution is -2.49. The number of phenols is 1. The lowest BCUT2D eigenvalue weighted by molar-refractivity contribution is -0.149. The minimum Gasteiger partial charge on any atom is -0.508 e. The summed E-state index contributed by atoms with van der Waals surface area (Å²) in [6, 6.07) is 23.4. The number of rotatable bonds is 27. The number of aromatic nitrogens is 3. The van der Waals surface area contributed by atoms with Crippen molar-refractivity contribution >= 4 is 93.0 Å². The van der Waals surface area contributed by atoms with Crippen molar-refractivity contribution in [2.75, 3.05) is 67.8 Å². The molecule has 2 aliphatic heterocycles. The molecule has 5 aromatic rings. The fraction of sp³-hybridized carbons (Fsp3) is 0.293. The van der Waals surface area contributed by atoms with Crippen LogP contribution in [0.4, 0.5) is 11.4 Å². The van der Waals surface area contributed by atoms with Crippen LogP contribution in [0.15, 0.2) is 112 Å². The summed E-state index contributed by atoms with van der Waals surface area (Å²) in [6.45, 7) is 2.04. The molecule has 3 aliphatic rings. The molecule has 8 rings (SSSR count). The van der Waals surface area contributed by atoms with Gasteiger partial charge in [-0.1, -0.05) is 53.7 Å². The number of nitrogens with zero attached hydrogens (tertiary/aromatic N) is 4. The van der Waals surface area contributed by atoms with Gasteiger partial charge in [0.15, 0.2) is 16.6 Å². The van der Waals surface area contributed by atoms with Gasteiger partial charge in [-0.3, -0.25) is 28.8 Å². The molecule has 3 heterocycles. The lowest BCUT2D eigenvalue weighted by Gasteiger charge is -2.29. The van der Waals surface area contributed by atoms with Crippen LogP contribution in [-0.2, 0) is 49.5 Å². The van der Waals surface area contributed by atoms with Crippen molar-refractivity contribution in [1.82, 2.24) is 30.9 Å². The summed E-state index contributed by atoms with van der Waals surface area (Å²) in [5, 5.41) is 59.8. The summed E-state index contributed by atoms with van der Waals surface area (Å²) in [4.78, 5) is 105. The van der Waals surface area contributed by atoms with Crippen molar-refractivity contribution in [1.29, 1.82) is 0 Å². The van der Waals surface area contributed by atoms with Crippen molar-refractivity contribution in [3.05, 3.63) is 124 Å². The Morgan fingerprint density at radius 1 is 0.824 bits per heavy atom.